The topological polar surface area (TPSA) is 88.3 Å². The van der Waals surface area contributed by atoms with E-state index in [9.17, 15) is 9.18 Å². The van der Waals surface area contributed by atoms with Crippen molar-refractivity contribution < 1.29 is 39.9 Å². The summed E-state index contributed by atoms with van der Waals surface area (Å²) in [5.74, 6) is 0.520. The number of benzene rings is 1. The summed E-state index contributed by atoms with van der Waals surface area (Å²) in [6.45, 7) is 3.42. The second-order valence-corrected chi connectivity index (χ2v) is 11.1. The van der Waals surface area contributed by atoms with E-state index in [1.807, 2.05) is 6.07 Å². The summed E-state index contributed by atoms with van der Waals surface area (Å²) >= 11 is -0.236. The van der Waals surface area contributed by atoms with Crippen molar-refractivity contribution in [3.05, 3.63) is 53.7 Å². The van der Waals surface area contributed by atoms with E-state index >= 15 is 0 Å². The molecule has 9 heteroatoms. The fourth-order valence-corrected chi connectivity index (χ4v) is 7.18. The maximum atomic E-state index is 14.4. The van der Waals surface area contributed by atoms with Gasteiger partial charge in [0.25, 0.3) is 0 Å². The Balaban J connectivity index is 1.73. The van der Waals surface area contributed by atoms with Gasteiger partial charge in [-0.25, -0.2) is 0 Å². The van der Waals surface area contributed by atoms with Gasteiger partial charge in [0.2, 0.25) is 0 Å². The number of aromatic amines is 1. The van der Waals surface area contributed by atoms with E-state index in [4.69, 9.17) is 9.47 Å². The zero-order valence-corrected chi connectivity index (χ0v) is 19.8. The van der Waals surface area contributed by atoms with Crippen LogP contribution in [-0.4, -0.2) is 40.6 Å². The third-order valence-corrected chi connectivity index (χ3v) is 9.70. The number of aromatic nitrogens is 2. The number of fused-ring (bicyclic) bond motifs is 3. The molecule has 1 unspecified atom stereocenters. The number of alkyl halides is 2. The van der Waals surface area contributed by atoms with Gasteiger partial charge < -0.3 is 0 Å². The molecule has 5 rings (SSSR count). The number of anilines is 2. The molecule has 0 saturated heterocycles. The summed E-state index contributed by atoms with van der Waals surface area (Å²) in [4.78, 5) is 20.8. The first kappa shape index (κ1) is 21.0. The number of H-pyrrole nitrogens is 1. The average Bonchev–Trinajstić information content (AvgIpc) is 3.16. The third-order valence-electron chi connectivity index (χ3n) is 5.56. The van der Waals surface area contributed by atoms with Crippen LogP contribution >= 0.6 is 0 Å². The van der Waals surface area contributed by atoms with Crippen molar-refractivity contribution in [1.82, 2.24) is 15.3 Å². The molecule has 2 aliphatic rings. The molecule has 7 nitrogen and oxygen atoms in total. The predicted octanol–water partition coefficient (Wildman–Crippen LogP) is 0.870. The van der Waals surface area contributed by atoms with Crippen molar-refractivity contribution in [3.63, 3.8) is 0 Å². The number of carbonyl (C=O) groups is 1. The van der Waals surface area contributed by atoms with E-state index < -0.39 is 5.82 Å². The van der Waals surface area contributed by atoms with Gasteiger partial charge in [0.15, 0.2) is 0 Å². The van der Waals surface area contributed by atoms with Crippen molar-refractivity contribution in [3.8, 4) is 22.8 Å². The van der Waals surface area contributed by atoms with Gasteiger partial charge in [0.1, 0.15) is 0 Å². The molecule has 3 N–H and O–H groups in total. The van der Waals surface area contributed by atoms with Crippen molar-refractivity contribution in [2.75, 3.05) is 30.0 Å². The Bertz CT molecular complexity index is 1180. The molecular formula is C23H23FIN4O3-. The third kappa shape index (κ3) is 3.68. The van der Waals surface area contributed by atoms with E-state index in [0.29, 0.717) is 41.8 Å². The molecule has 0 radical (unpaired) electrons. The zero-order chi connectivity index (χ0) is 22.2. The second kappa shape index (κ2) is 8.61. The normalized spacial score (nSPS) is 20.0. The van der Waals surface area contributed by atoms with Crippen LogP contribution in [-0.2, 0) is 0 Å². The van der Waals surface area contributed by atoms with Crippen molar-refractivity contribution in [2.45, 2.75) is 10.8 Å². The van der Waals surface area contributed by atoms with Crippen molar-refractivity contribution >= 4 is 17.3 Å². The zero-order valence-electron chi connectivity index (χ0n) is 17.7. The standard InChI is InChI=1S/C23H23FIN4O3/c1-12-8-25-15-9-27-23(30)18-20(15)29-19(13-6-7-26-10-17(13)32-11-12)21(18)28-16-5-3-4-14(24)22(16)31-2/h3-7,10,12,15,28-29H,8-9,11H2,1-2H3,(H,27,30)/q-1/t12?,15-/m1/s1. The number of carbonyl (C=O) groups excluding carboxylic acids is 1. The van der Waals surface area contributed by atoms with Crippen molar-refractivity contribution in [2.24, 2.45) is 5.92 Å². The predicted molar refractivity (Wildman–Crippen MR) is 115 cm³/mol. The van der Waals surface area contributed by atoms with Crippen LogP contribution in [0.25, 0.3) is 11.3 Å². The summed E-state index contributed by atoms with van der Waals surface area (Å²) in [5.41, 5.74) is 4.05. The first-order chi connectivity index (χ1) is 15.6. The van der Waals surface area contributed by atoms with Crippen LogP contribution in [0.2, 0.25) is 0 Å². The quantitative estimate of drug-likeness (QED) is 0.334. The number of amides is 1. The Hall–Kier alpha value is -2.82. The summed E-state index contributed by atoms with van der Waals surface area (Å²) in [6.07, 6.45) is 3.39. The molecule has 0 spiro atoms. The van der Waals surface area contributed by atoms with Gasteiger partial charge in [-0.2, -0.15) is 0 Å². The molecule has 0 saturated carbocycles. The number of nitrogens with one attached hydrogen (secondary N) is 3. The van der Waals surface area contributed by atoms with Gasteiger partial charge in [0, 0.05) is 0 Å². The summed E-state index contributed by atoms with van der Waals surface area (Å²) in [5, 5.41) is 6.35. The van der Waals surface area contributed by atoms with Crippen LogP contribution < -0.4 is 41.3 Å². The molecule has 2 aliphatic heterocycles. The molecule has 1 aromatic carbocycles. The van der Waals surface area contributed by atoms with Gasteiger partial charge in [-0.3, -0.25) is 0 Å². The Kier molecular flexibility index (Phi) is 5.66. The molecule has 0 aliphatic carbocycles. The maximum absolute atomic E-state index is 14.4. The molecule has 32 heavy (non-hydrogen) atoms. The van der Waals surface area contributed by atoms with Crippen LogP contribution in [0, 0.1) is 11.7 Å². The van der Waals surface area contributed by atoms with Gasteiger partial charge in [-0.15, -0.1) is 0 Å². The summed E-state index contributed by atoms with van der Waals surface area (Å²) in [7, 11) is 1.42. The molecule has 1 amide bonds. The molecule has 2 atom stereocenters. The van der Waals surface area contributed by atoms with Crippen LogP contribution in [0.3, 0.4) is 0 Å². The fourth-order valence-electron chi connectivity index (χ4n) is 4.01. The number of hydrogen-bond donors (Lipinski definition) is 3. The number of methoxy groups -OCH3 is 1. The number of ether oxygens (including phenoxy) is 2. The fraction of sp³-hybridized carbons (Fsp3) is 0.304. The minimum absolute atomic E-state index is 0.0923. The Morgan fingerprint density at radius 3 is 3.06 bits per heavy atom. The monoisotopic (exact) mass is 549 g/mol. The van der Waals surface area contributed by atoms with Crippen LogP contribution in [0.5, 0.6) is 11.5 Å². The van der Waals surface area contributed by atoms with E-state index in [-0.39, 0.29) is 36.8 Å². The number of halogens is 2. The Morgan fingerprint density at radius 1 is 1.34 bits per heavy atom. The van der Waals surface area contributed by atoms with E-state index in [2.05, 4.69) is 27.5 Å². The number of nitrogens with zero attached hydrogens (tertiary/aromatic N) is 1. The van der Waals surface area contributed by atoms with E-state index in [1.165, 1.54) is 13.2 Å². The summed E-state index contributed by atoms with van der Waals surface area (Å²) < 4.78 is 27.1. The summed E-state index contributed by atoms with van der Waals surface area (Å²) in [6, 6.07) is 6.54. The van der Waals surface area contributed by atoms with Crippen molar-refractivity contribution in [1.29, 1.82) is 0 Å². The Morgan fingerprint density at radius 2 is 2.22 bits per heavy atom. The van der Waals surface area contributed by atoms with Gasteiger partial charge in [0.05, 0.1) is 0 Å². The molecule has 3 aromatic rings. The van der Waals surface area contributed by atoms with Crippen LogP contribution in [0.1, 0.15) is 26.9 Å². The first-order valence-electron chi connectivity index (χ1n) is 10.3. The SMILES string of the molecule is COc1c(F)cccc1Nc1c2[nH]c3c1C(=O)NC[C@H]3[I-]CC(C)COc1cnccc1-2. The minimum atomic E-state index is -0.479. The molecular weight excluding hydrogens is 526 g/mol. The van der Waals surface area contributed by atoms with Gasteiger partial charge in [-0.05, 0) is 0 Å². The van der Waals surface area contributed by atoms with E-state index in [0.717, 1.165) is 21.4 Å². The second-order valence-electron chi connectivity index (χ2n) is 7.88. The van der Waals surface area contributed by atoms with Crippen LogP contribution in [0.15, 0.2) is 36.7 Å². The number of pyridine rings is 1. The van der Waals surface area contributed by atoms with Crippen LogP contribution in [0.4, 0.5) is 15.8 Å². The molecule has 2 aromatic heterocycles. The van der Waals surface area contributed by atoms with Gasteiger partial charge >= 0.3 is 196 Å². The number of para-hydroxylation sites is 1. The first-order valence-corrected chi connectivity index (χ1v) is 13.1. The Labute approximate surface area is 195 Å². The van der Waals surface area contributed by atoms with Gasteiger partial charge in [-0.1, -0.05) is 0 Å². The number of rotatable bonds is 3. The molecule has 4 heterocycles. The molecule has 0 fully saturated rings. The number of hydrogen-bond acceptors (Lipinski definition) is 5. The molecule has 2 bridgehead atoms. The average molecular weight is 549 g/mol. The van der Waals surface area contributed by atoms with E-state index in [1.54, 1.807) is 24.5 Å². The molecule has 168 valence electrons.